The Morgan fingerprint density at radius 3 is 2.47 bits per heavy atom. The maximum Gasteiger partial charge on any atom is 0.341 e. The highest BCUT2D eigenvalue weighted by Gasteiger charge is 2.23. The van der Waals surface area contributed by atoms with Crippen LogP contribution in [0.4, 0.5) is 14.5 Å². The fourth-order valence-electron chi connectivity index (χ4n) is 3.45. The molecule has 3 rings (SSSR count). The van der Waals surface area contributed by atoms with Crippen molar-refractivity contribution in [2.75, 3.05) is 19.0 Å². The lowest BCUT2D eigenvalue weighted by molar-refractivity contribution is 0.0694. The Labute approximate surface area is 182 Å². The van der Waals surface area contributed by atoms with Crippen LogP contribution < -0.4 is 15.5 Å². The fraction of sp³-hybridized carbons (Fsp3) is 0.318. The first-order chi connectivity index (χ1) is 15.2. The van der Waals surface area contributed by atoms with E-state index in [9.17, 15) is 28.6 Å². The van der Waals surface area contributed by atoms with Gasteiger partial charge in [-0.05, 0) is 24.1 Å². The lowest BCUT2D eigenvalue weighted by Gasteiger charge is -2.24. The van der Waals surface area contributed by atoms with E-state index in [1.165, 1.54) is 23.8 Å². The number of aromatic nitrogens is 2. The van der Waals surface area contributed by atoms with Gasteiger partial charge in [-0.15, -0.1) is 0 Å². The topological polar surface area (TPSA) is 114 Å². The SMILES string of the molecule is COc1nc2c(cc1NCc1c(F)cccc1F)c(=O)c(C(=O)O)cn2[C@H](CO)C(C)C. The number of aromatic carboxylic acids is 1. The number of methoxy groups -OCH3 is 1. The summed E-state index contributed by atoms with van der Waals surface area (Å²) in [7, 11) is 1.34. The third-order valence-electron chi connectivity index (χ3n) is 5.22. The van der Waals surface area contributed by atoms with Crippen LogP contribution in [0.5, 0.6) is 5.88 Å². The van der Waals surface area contributed by atoms with Crippen molar-refractivity contribution in [3.05, 3.63) is 63.4 Å². The molecule has 2 heterocycles. The summed E-state index contributed by atoms with van der Waals surface area (Å²) in [6.07, 6.45) is 1.15. The lowest BCUT2D eigenvalue weighted by atomic mass is 10.0. The van der Waals surface area contributed by atoms with Crippen LogP contribution in [0, 0.1) is 17.6 Å². The molecule has 0 radical (unpaired) electrons. The highest BCUT2D eigenvalue weighted by Crippen LogP contribution is 2.29. The Kier molecular flexibility index (Phi) is 6.73. The van der Waals surface area contributed by atoms with Crippen LogP contribution >= 0.6 is 0 Å². The van der Waals surface area contributed by atoms with Crippen LogP contribution in [0.2, 0.25) is 0 Å². The van der Waals surface area contributed by atoms with Crippen LogP contribution in [0.15, 0.2) is 35.3 Å². The molecule has 10 heteroatoms. The zero-order chi connectivity index (χ0) is 23.6. The molecule has 170 valence electrons. The molecule has 0 saturated heterocycles. The summed E-state index contributed by atoms with van der Waals surface area (Å²) in [4.78, 5) is 28.9. The van der Waals surface area contributed by atoms with Gasteiger partial charge in [0.1, 0.15) is 22.8 Å². The molecule has 1 atom stereocenters. The number of fused-ring (bicyclic) bond motifs is 1. The van der Waals surface area contributed by atoms with Crippen molar-refractivity contribution in [3.8, 4) is 5.88 Å². The third-order valence-corrected chi connectivity index (χ3v) is 5.22. The number of carboxylic acids is 1. The summed E-state index contributed by atoms with van der Waals surface area (Å²) >= 11 is 0. The Hall–Kier alpha value is -3.53. The van der Waals surface area contributed by atoms with Crippen molar-refractivity contribution in [1.82, 2.24) is 9.55 Å². The first-order valence-electron chi connectivity index (χ1n) is 9.84. The van der Waals surface area contributed by atoms with Gasteiger partial charge in [-0.25, -0.2) is 13.6 Å². The minimum Gasteiger partial charge on any atom is -0.479 e. The summed E-state index contributed by atoms with van der Waals surface area (Å²) in [5, 5.41) is 22.1. The second-order valence-corrected chi connectivity index (χ2v) is 7.55. The molecule has 0 aliphatic carbocycles. The average Bonchev–Trinajstić information content (AvgIpc) is 2.74. The maximum atomic E-state index is 14.0. The Balaban J connectivity index is 2.21. The zero-order valence-electron chi connectivity index (χ0n) is 17.7. The number of benzene rings is 1. The van der Waals surface area contributed by atoms with Crippen LogP contribution in [0.3, 0.4) is 0 Å². The van der Waals surface area contributed by atoms with Crippen LogP contribution in [-0.4, -0.2) is 39.5 Å². The van der Waals surface area contributed by atoms with E-state index in [4.69, 9.17) is 4.74 Å². The van der Waals surface area contributed by atoms with Gasteiger partial charge in [0.2, 0.25) is 11.3 Å². The molecule has 0 unspecified atom stereocenters. The lowest BCUT2D eigenvalue weighted by Crippen LogP contribution is -2.26. The summed E-state index contributed by atoms with van der Waals surface area (Å²) in [6.45, 7) is 3.09. The summed E-state index contributed by atoms with van der Waals surface area (Å²) < 4.78 is 34.7. The van der Waals surface area contributed by atoms with Crippen molar-refractivity contribution in [2.45, 2.75) is 26.4 Å². The summed E-state index contributed by atoms with van der Waals surface area (Å²) in [5.74, 6) is -3.00. The molecule has 0 spiro atoms. The molecular weight excluding hydrogens is 424 g/mol. The molecule has 32 heavy (non-hydrogen) atoms. The van der Waals surface area contributed by atoms with Gasteiger partial charge in [0.15, 0.2) is 0 Å². The molecule has 3 N–H and O–H groups in total. The highest BCUT2D eigenvalue weighted by molar-refractivity contribution is 5.93. The van der Waals surface area contributed by atoms with Crippen LogP contribution in [0.1, 0.15) is 35.8 Å². The van der Waals surface area contributed by atoms with Gasteiger partial charge in [-0.3, -0.25) is 4.79 Å². The molecule has 1 aromatic carbocycles. The molecule has 0 fully saturated rings. The predicted molar refractivity (Wildman–Crippen MR) is 114 cm³/mol. The maximum absolute atomic E-state index is 14.0. The normalized spacial score (nSPS) is 12.2. The summed E-state index contributed by atoms with van der Waals surface area (Å²) in [6, 6.07) is 4.26. The number of pyridine rings is 2. The number of hydrogen-bond donors (Lipinski definition) is 3. The smallest absolute Gasteiger partial charge is 0.341 e. The fourth-order valence-corrected chi connectivity index (χ4v) is 3.45. The Bertz CT molecular complexity index is 1210. The number of ether oxygens (including phenoxy) is 1. The van der Waals surface area contributed by atoms with Crippen molar-refractivity contribution in [2.24, 2.45) is 5.92 Å². The van der Waals surface area contributed by atoms with Crippen molar-refractivity contribution in [1.29, 1.82) is 0 Å². The molecule has 0 aliphatic rings. The summed E-state index contributed by atoms with van der Waals surface area (Å²) in [5.41, 5.74) is -1.22. The molecule has 0 amide bonds. The largest absolute Gasteiger partial charge is 0.479 e. The van der Waals surface area contributed by atoms with Gasteiger partial charge in [0.25, 0.3) is 0 Å². The third kappa shape index (κ3) is 4.26. The number of anilines is 1. The molecule has 0 saturated carbocycles. The number of carboxylic acid groups (broad SMARTS) is 1. The minimum absolute atomic E-state index is 0.0333. The number of halogens is 2. The van der Waals surface area contributed by atoms with Gasteiger partial charge < -0.3 is 24.8 Å². The monoisotopic (exact) mass is 447 g/mol. The van der Waals surface area contributed by atoms with Crippen molar-refractivity contribution < 1.29 is 28.5 Å². The number of nitrogens with zero attached hydrogens (tertiary/aromatic N) is 2. The second kappa shape index (κ2) is 9.31. The van der Waals surface area contributed by atoms with Gasteiger partial charge >= 0.3 is 5.97 Å². The van der Waals surface area contributed by atoms with Crippen LogP contribution in [-0.2, 0) is 6.54 Å². The molecular formula is C22H23F2N3O5. The average molecular weight is 447 g/mol. The van der Waals surface area contributed by atoms with E-state index < -0.39 is 34.6 Å². The van der Waals surface area contributed by atoms with Gasteiger partial charge in [0, 0.05) is 18.3 Å². The number of rotatable bonds is 8. The molecule has 0 bridgehead atoms. The minimum atomic E-state index is -1.43. The van der Waals surface area contributed by atoms with E-state index in [-0.39, 0.29) is 47.2 Å². The molecule has 3 aromatic rings. The molecule has 2 aromatic heterocycles. The Morgan fingerprint density at radius 2 is 1.94 bits per heavy atom. The first-order valence-corrected chi connectivity index (χ1v) is 9.84. The van der Waals surface area contributed by atoms with Gasteiger partial charge in [-0.2, -0.15) is 4.98 Å². The number of aliphatic hydroxyl groups is 1. The molecule has 0 aliphatic heterocycles. The molecule has 8 nitrogen and oxygen atoms in total. The van der Waals surface area contributed by atoms with Crippen LogP contribution in [0.25, 0.3) is 11.0 Å². The standard InChI is InChI=1S/C22H23F2N3O5/c1-11(2)18(10-28)27-9-14(22(30)31)19(29)12-7-17(21(32-3)26-20(12)27)25-8-13-15(23)5-4-6-16(13)24/h4-7,9,11,18,25,28H,8,10H2,1-3H3,(H,30,31)/t18-/m1/s1. The predicted octanol–water partition coefficient (Wildman–Crippen LogP) is 3.18. The van der Waals surface area contributed by atoms with E-state index in [1.807, 2.05) is 13.8 Å². The number of nitrogens with one attached hydrogen (secondary N) is 1. The van der Waals surface area contributed by atoms with E-state index >= 15 is 0 Å². The number of aliphatic hydroxyl groups excluding tert-OH is 1. The van der Waals surface area contributed by atoms with E-state index in [0.29, 0.717) is 0 Å². The first kappa shape index (κ1) is 23.1. The van der Waals surface area contributed by atoms with Crippen molar-refractivity contribution in [3.63, 3.8) is 0 Å². The van der Waals surface area contributed by atoms with E-state index in [2.05, 4.69) is 10.3 Å². The quantitative estimate of drug-likeness (QED) is 0.486. The zero-order valence-corrected chi connectivity index (χ0v) is 17.7. The van der Waals surface area contributed by atoms with E-state index in [0.717, 1.165) is 18.3 Å². The van der Waals surface area contributed by atoms with E-state index in [1.54, 1.807) is 0 Å². The number of hydrogen-bond acceptors (Lipinski definition) is 6. The van der Waals surface area contributed by atoms with Gasteiger partial charge in [-0.1, -0.05) is 19.9 Å². The highest BCUT2D eigenvalue weighted by atomic mass is 19.1. The Morgan fingerprint density at radius 1 is 1.28 bits per heavy atom. The van der Waals surface area contributed by atoms with Gasteiger partial charge in [0.05, 0.1) is 30.8 Å². The number of carbonyl (C=O) groups is 1. The second-order valence-electron chi connectivity index (χ2n) is 7.55. The van der Waals surface area contributed by atoms with Crippen molar-refractivity contribution >= 4 is 22.7 Å².